The van der Waals surface area contributed by atoms with E-state index in [1.807, 2.05) is 13.8 Å². The summed E-state index contributed by atoms with van der Waals surface area (Å²) in [5, 5.41) is 14.3. The fourth-order valence-electron chi connectivity index (χ4n) is 2.14. The topological polar surface area (TPSA) is 90.7 Å². The highest BCUT2D eigenvalue weighted by Crippen LogP contribution is 2.37. The molecule has 0 aliphatic heterocycles. The van der Waals surface area contributed by atoms with Gasteiger partial charge in [0, 0.05) is 22.7 Å². The Hall–Kier alpha value is -2.80. The first-order chi connectivity index (χ1) is 12.3. The van der Waals surface area contributed by atoms with E-state index in [4.69, 9.17) is 21.1 Å². The highest BCUT2D eigenvalue weighted by molar-refractivity contribution is 6.30. The van der Waals surface area contributed by atoms with Gasteiger partial charge in [0.15, 0.2) is 11.5 Å². The molecule has 7 nitrogen and oxygen atoms in total. The molecule has 1 atom stereocenters. The molecule has 1 amide bonds. The van der Waals surface area contributed by atoms with Gasteiger partial charge in [-0.1, -0.05) is 18.5 Å². The highest BCUT2D eigenvalue weighted by Gasteiger charge is 2.19. The second kappa shape index (κ2) is 8.53. The van der Waals surface area contributed by atoms with Crippen molar-refractivity contribution in [2.75, 3.05) is 7.11 Å². The normalized spacial score (nSPS) is 11.5. The molecule has 8 heteroatoms. The number of ether oxygens (including phenoxy) is 2. The van der Waals surface area contributed by atoms with Crippen molar-refractivity contribution >= 4 is 23.2 Å². The molecular formula is C18H19ClN2O5. The van der Waals surface area contributed by atoms with E-state index in [-0.39, 0.29) is 39.9 Å². The van der Waals surface area contributed by atoms with Crippen LogP contribution in [0.4, 0.5) is 5.69 Å². The van der Waals surface area contributed by atoms with Crippen molar-refractivity contribution in [3.63, 3.8) is 0 Å². The van der Waals surface area contributed by atoms with Crippen molar-refractivity contribution in [3.05, 3.63) is 57.1 Å². The Balaban J connectivity index is 2.31. The first-order valence-corrected chi connectivity index (χ1v) is 8.34. The number of carbonyl (C=O) groups excluding carboxylic acids is 1. The predicted molar refractivity (Wildman–Crippen MR) is 98.4 cm³/mol. The van der Waals surface area contributed by atoms with Gasteiger partial charge in [-0.3, -0.25) is 14.9 Å². The maximum atomic E-state index is 12.2. The third-order valence-corrected chi connectivity index (χ3v) is 3.99. The Kier molecular flexibility index (Phi) is 6.41. The van der Waals surface area contributed by atoms with Gasteiger partial charge < -0.3 is 14.8 Å². The van der Waals surface area contributed by atoms with Crippen molar-refractivity contribution in [2.45, 2.75) is 26.3 Å². The smallest absolute Gasteiger partial charge is 0.313 e. The fraction of sp³-hybridized carbons (Fsp3) is 0.278. The molecule has 0 fully saturated rings. The molecule has 2 aromatic rings. The summed E-state index contributed by atoms with van der Waals surface area (Å²) in [4.78, 5) is 22.8. The molecule has 0 aliphatic carbocycles. The van der Waals surface area contributed by atoms with Crippen molar-refractivity contribution in [1.29, 1.82) is 0 Å². The number of hydrogen-bond donors (Lipinski definition) is 1. The Bertz CT molecular complexity index is 825. The molecule has 1 unspecified atom stereocenters. The average Bonchev–Trinajstić information content (AvgIpc) is 2.62. The minimum Gasteiger partial charge on any atom is -0.493 e. The lowest BCUT2D eigenvalue weighted by molar-refractivity contribution is -0.385. The molecule has 2 aromatic carbocycles. The lowest BCUT2D eigenvalue weighted by atomic mass is 10.1. The maximum absolute atomic E-state index is 12.2. The number of nitrogens with one attached hydrogen (secondary N) is 1. The second-order valence-electron chi connectivity index (χ2n) is 5.62. The van der Waals surface area contributed by atoms with Gasteiger partial charge in [0.25, 0.3) is 5.91 Å². The van der Waals surface area contributed by atoms with Crippen LogP contribution in [0.15, 0.2) is 36.4 Å². The maximum Gasteiger partial charge on any atom is 0.313 e. The van der Waals surface area contributed by atoms with E-state index in [1.54, 1.807) is 6.07 Å². The molecule has 2 rings (SSSR count). The summed E-state index contributed by atoms with van der Waals surface area (Å²) in [6.45, 7) is 3.88. The van der Waals surface area contributed by atoms with E-state index in [0.717, 1.165) is 6.42 Å². The number of nitro benzene ring substituents is 1. The molecule has 0 heterocycles. The zero-order valence-electron chi connectivity index (χ0n) is 14.6. The highest BCUT2D eigenvalue weighted by atomic mass is 35.5. The number of amides is 1. The molecule has 0 bridgehead atoms. The number of nitrogens with zero attached hydrogens (tertiary/aromatic N) is 1. The van der Waals surface area contributed by atoms with E-state index in [2.05, 4.69) is 5.32 Å². The van der Waals surface area contributed by atoms with E-state index in [1.165, 1.54) is 37.4 Å². The van der Waals surface area contributed by atoms with Crippen LogP contribution >= 0.6 is 11.6 Å². The minimum atomic E-state index is -0.582. The van der Waals surface area contributed by atoms with Gasteiger partial charge in [0.1, 0.15) is 0 Å². The molecule has 138 valence electrons. The molecule has 0 spiro atoms. The van der Waals surface area contributed by atoms with E-state index in [9.17, 15) is 14.9 Å². The van der Waals surface area contributed by atoms with Crippen molar-refractivity contribution in [3.8, 4) is 17.2 Å². The van der Waals surface area contributed by atoms with Gasteiger partial charge in [-0.05, 0) is 43.7 Å². The van der Waals surface area contributed by atoms with Crippen LogP contribution in [0, 0.1) is 10.1 Å². The summed E-state index contributed by atoms with van der Waals surface area (Å²) in [5.41, 5.74) is 0.137. The Morgan fingerprint density at radius 2 is 1.92 bits per heavy atom. The molecule has 0 radical (unpaired) electrons. The number of nitro groups is 1. The number of benzene rings is 2. The van der Waals surface area contributed by atoms with Crippen LogP contribution in [0.25, 0.3) is 0 Å². The summed E-state index contributed by atoms with van der Waals surface area (Å²) in [6, 6.07) is 8.76. The quantitative estimate of drug-likeness (QED) is 0.562. The summed E-state index contributed by atoms with van der Waals surface area (Å²) in [7, 11) is 1.43. The van der Waals surface area contributed by atoms with Gasteiger partial charge in [-0.15, -0.1) is 0 Å². The average molecular weight is 379 g/mol. The van der Waals surface area contributed by atoms with Crippen LogP contribution in [-0.2, 0) is 0 Å². The van der Waals surface area contributed by atoms with Gasteiger partial charge >= 0.3 is 5.69 Å². The molecular weight excluding hydrogens is 360 g/mol. The molecule has 0 saturated heterocycles. The van der Waals surface area contributed by atoms with Crippen molar-refractivity contribution < 1.29 is 19.2 Å². The monoisotopic (exact) mass is 378 g/mol. The lowest BCUT2D eigenvalue weighted by Crippen LogP contribution is -2.31. The Morgan fingerprint density at radius 3 is 2.54 bits per heavy atom. The van der Waals surface area contributed by atoms with Crippen LogP contribution in [-0.4, -0.2) is 24.0 Å². The predicted octanol–water partition coefficient (Wildman–Crippen LogP) is 4.58. The van der Waals surface area contributed by atoms with Crippen LogP contribution in [0.1, 0.15) is 30.6 Å². The summed E-state index contributed by atoms with van der Waals surface area (Å²) < 4.78 is 10.9. The third-order valence-electron chi connectivity index (χ3n) is 3.75. The number of rotatable bonds is 7. The molecule has 1 N–H and O–H groups in total. The first-order valence-electron chi connectivity index (χ1n) is 7.96. The Labute approximate surface area is 156 Å². The standard InChI is InChI=1S/C18H19ClN2O5/c1-4-11(2)20-18(22)12-5-7-16(17(9-12)25-3)26-15-8-6-13(19)10-14(15)21(23)24/h5-11H,4H2,1-3H3,(H,20,22). The number of methoxy groups -OCH3 is 1. The fourth-order valence-corrected chi connectivity index (χ4v) is 2.31. The zero-order valence-corrected chi connectivity index (χ0v) is 15.4. The summed E-state index contributed by atoms with van der Waals surface area (Å²) >= 11 is 5.80. The van der Waals surface area contributed by atoms with Gasteiger partial charge in [-0.2, -0.15) is 0 Å². The second-order valence-corrected chi connectivity index (χ2v) is 6.06. The van der Waals surface area contributed by atoms with Crippen LogP contribution in [0.3, 0.4) is 0 Å². The van der Waals surface area contributed by atoms with Crippen molar-refractivity contribution in [1.82, 2.24) is 5.32 Å². The third kappa shape index (κ3) is 4.64. The summed E-state index contributed by atoms with van der Waals surface area (Å²) in [6.07, 6.45) is 0.810. The molecule has 0 saturated carbocycles. The Morgan fingerprint density at radius 1 is 1.23 bits per heavy atom. The first kappa shape index (κ1) is 19.5. The van der Waals surface area contributed by atoms with Gasteiger partial charge in [0.2, 0.25) is 5.75 Å². The van der Waals surface area contributed by atoms with Crippen molar-refractivity contribution in [2.24, 2.45) is 0 Å². The number of carbonyl (C=O) groups is 1. The lowest BCUT2D eigenvalue weighted by Gasteiger charge is -2.14. The molecule has 0 aromatic heterocycles. The molecule has 0 aliphatic rings. The van der Waals surface area contributed by atoms with E-state index in [0.29, 0.717) is 5.56 Å². The SMILES string of the molecule is CCC(C)NC(=O)c1ccc(Oc2ccc(Cl)cc2[N+](=O)[O-])c(OC)c1. The van der Waals surface area contributed by atoms with E-state index >= 15 is 0 Å². The molecule has 26 heavy (non-hydrogen) atoms. The van der Waals surface area contributed by atoms with E-state index < -0.39 is 4.92 Å². The van der Waals surface area contributed by atoms with Gasteiger partial charge in [0.05, 0.1) is 12.0 Å². The zero-order chi connectivity index (χ0) is 19.3. The van der Waals surface area contributed by atoms with Crippen LogP contribution < -0.4 is 14.8 Å². The van der Waals surface area contributed by atoms with Crippen LogP contribution in [0.2, 0.25) is 5.02 Å². The minimum absolute atomic E-state index is 0.0227. The van der Waals surface area contributed by atoms with Crippen LogP contribution in [0.5, 0.6) is 17.2 Å². The van der Waals surface area contributed by atoms with Gasteiger partial charge in [-0.25, -0.2) is 0 Å². The summed E-state index contributed by atoms with van der Waals surface area (Å²) in [5.74, 6) is 0.320. The number of halogens is 1. The number of hydrogen-bond acceptors (Lipinski definition) is 5. The largest absolute Gasteiger partial charge is 0.493 e.